The van der Waals surface area contributed by atoms with Crippen LogP contribution in [0.2, 0.25) is 5.02 Å². The van der Waals surface area contributed by atoms with Gasteiger partial charge in [0.25, 0.3) is 0 Å². The SMILES string of the molecule is CCOC(=O)c1cc2c(C)nn([C@@H]3CCN(Cc4ccc(Cl)cc4C(F)(F)F)C3)c2cc1F. The van der Waals surface area contributed by atoms with Crippen molar-refractivity contribution in [1.29, 1.82) is 0 Å². The first kappa shape index (κ1) is 23.5. The van der Waals surface area contributed by atoms with Crippen LogP contribution in [0, 0.1) is 12.7 Å². The Bertz CT molecular complexity index is 1210. The van der Waals surface area contributed by atoms with Gasteiger partial charge in [-0.15, -0.1) is 0 Å². The number of likely N-dealkylation sites (tertiary alicyclic amines) is 1. The van der Waals surface area contributed by atoms with E-state index in [-0.39, 0.29) is 35.3 Å². The molecule has 4 rings (SSSR count). The van der Waals surface area contributed by atoms with Crippen molar-refractivity contribution in [3.8, 4) is 0 Å². The molecule has 10 heteroatoms. The molecule has 0 aliphatic carbocycles. The monoisotopic (exact) mass is 483 g/mol. The molecule has 0 N–H and O–H groups in total. The third kappa shape index (κ3) is 4.70. The van der Waals surface area contributed by atoms with E-state index in [1.165, 1.54) is 24.3 Å². The van der Waals surface area contributed by atoms with E-state index in [9.17, 15) is 22.4 Å². The summed E-state index contributed by atoms with van der Waals surface area (Å²) < 4.78 is 61.6. The summed E-state index contributed by atoms with van der Waals surface area (Å²) in [6, 6.07) is 6.36. The zero-order valence-electron chi connectivity index (χ0n) is 18.0. The molecule has 0 amide bonds. The number of fused-ring (bicyclic) bond motifs is 1. The number of esters is 1. The lowest BCUT2D eigenvalue weighted by Crippen LogP contribution is -2.23. The number of ether oxygens (including phenoxy) is 1. The molecule has 5 nitrogen and oxygen atoms in total. The highest BCUT2D eigenvalue weighted by Crippen LogP contribution is 2.36. The van der Waals surface area contributed by atoms with Crippen molar-refractivity contribution < 1.29 is 27.1 Å². The summed E-state index contributed by atoms with van der Waals surface area (Å²) >= 11 is 5.78. The van der Waals surface area contributed by atoms with Crippen molar-refractivity contribution in [2.75, 3.05) is 19.7 Å². The topological polar surface area (TPSA) is 47.4 Å². The molecule has 1 atom stereocenters. The Balaban J connectivity index is 1.58. The van der Waals surface area contributed by atoms with Gasteiger partial charge in [-0.2, -0.15) is 18.3 Å². The van der Waals surface area contributed by atoms with Crippen molar-refractivity contribution in [2.24, 2.45) is 0 Å². The Hall–Kier alpha value is -2.65. The molecule has 1 fully saturated rings. The van der Waals surface area contributed by atoms with E-state index in [0.717, 1.165) is 6.07 Å². The van der Waals surface area contributed by atoms with Gasteiger partial charge in [0.2, 0.25) is 0 Å². The summed E-state index contributed by atoms with van der Waals surface area (Å²) in [5.74, 6) is -1.44. The van der Waals surface area contributed by atoms with Gasteiger partial charge in [-0.1, -0.05) is 17.7 Å². The van der Waals surface area contributed by atoms with Crippen molar-refractivity contribution in [3.05, 3.63) is 63.6 Å². The average molecular weight is 484 g/mol. The number of hydrogen-bond acceptors (Lipinski definition) is 4. The molecule has 0 saturated carbocycles. The Morgan fingerprint density at radius 1 is 1.27 bits per heavy atom. The van der Waals surface area contributed by atoms with Crippen LogP contribution < -0.4 is 0 Å². The van der Waals surface area contributed by atoms with Crippen LogP contribution in [0.25, 0.3) is 10.9 Å². The molecule has 0 unspecified atom stereocenters. The molecule has 33 heavy (non-hydrogen) atoms. The molecule has 0 radical (unpaired) electrons. The van der Waals surface area contributed by atoms with Gasteiger partial charge in [0.05, 0.1) is 35.0 Å². The van der Waals surface area contributed by atoms with Gasteiger partial charge in [0.1, 0.15) is 5.82 Å². The van der Waals surface area contributed by atoms with Crippen molar-refractivity contribution in [1.82, 2.24) is 14.7 Å². The van der Waals surface area contributed by atoms with Crippen LogP contribution in [0.3, 0.4) is 0 Å². The average Bonchev–Trinajstić information content (AvgIpc) is 3.32. The fourth-order valence-corrected chi connectivity index (χ4v) is 4.47. The number of nitrogens with zero attached hydrogens (tertiary/aromatic N) is 3. The van der Waals surface area contributed by atoms with Crippen LogP contribution in [0.4, 0.5) is 17.6 Å². The fraction of sp³-hybridized carbons (Fsp3) is 0.391. The highest BCUT2D eigenvalue weighted by atomic mass is 35.5. The zero-order valence-corrected chi connectivity index (χ0v) is 18.8. The predicted octanol–water partition coefficient (Wildman–Crippen LogP) is 5.78. The van der Waals surface area contributed by atoms with Gasteiger partial charge >= 0.3 is 12.1 Å². The van der Waals surface area contributed by atoms with Crippen molar-refractivity contribution >= 4 is 28.5 Å². The van der Waals surface area contributed by atoms with E-state index in [0.29, 0.717) is 36.1 Å². The summed E-state index contributed by atoms with van der Waals surface area (Å²) in [7, 11) is 0. The van der Waals surface area contributed by atoms with E-state index >= 15 is 0 Å². The number of alkyl halides is 3. The molecule has 3 aromatic rings. The smallest absolute Gasteiger partial charge is 0.416 e. The third-order valence-corrected chi connectivity index (χ3v) is 6.07. The van der Waals surface area contributed by atoms with Gasteiger partial charge in [0.15, 0.2) is 0 Å². The maximum Gasteiger partial charge on any atom is 0.416 e. The number of benzene rings is 2. The molecule has 176 valence electrons. The number of carbonyl (C=O) groups is 1. The maximum atomic E-state index is 14.7. The van der Waals surface area contributed by atoms with Gasteiger partial charge in [-0.05, 0) is 44.0 Å². The number of aryl methyl sites for hydroxylation is 1. The standard InChI is InChI=1S/C23H22ClF4N3O2/c1-3-33-22(32)18-9-17-13(2)29-31(21(17)10-20(18)25)16-6-7-30(12-16)11-14-4-5-15(24)8-19(14)23(26,27)28/h4-5,8-10,16H,3,6-7,11-12H2,1-2H3/t16-/m1/s1. The summed E-state index contributed by atoms with van der Waals surface area (Å²) in [6.07, 6.45) is -3.85. The largest absolute Gasteiger partial charge is 0.462 e. The first-order valence-corrected chi connectivity index (χ1v) is 10.9. The number of rotatable bonds is 5. The van der Waals surface area contributed by atoms with Crippen molar-refractivity contribution in [3.63, 3.8) is 0 Å². The molecule has 1 aromatic heterocycles. The van der Waals surface area contributed by atoms with Crippen LogP contribution in [0.15, 0.2) is 30.3 Å². The molecule has 1 aliphatic heterocycles. The lowest BCUT2D eigenvalue weighted by molar-refractivity contribution is -0.138. The number of halogens is 5. The molecular formula is C23H22ClF4N3O2. The Morgan fingerprint density at radius 2 is 2.03 bits per heavy atom. The summed E-state index contributed by atoms with van der Waals surface area (Å²) in [4.78, 5) is 13.9. The second-order valence-electron chi connectivity index (χ2n) is 8.08. The molecular weight excluding hydrogens is 462 g/mol. The zero-order chi connectivity index (χ0) is 23.9. The van der Waals surface area contributed by atoms with Crippen LogP contribution in [0.1, 0.15) is 46.6 Å². The second-order valence-corrected chi connectivity index (χ2v) is 8.51. The minimum Gasteiger partial charge on any atom is -0.462 e. The summed E-state index contributed by atoms with van der Waals surface area (Å²) in [5.41, 5.74) is 0.424. The van der Waals surface area contributed by atoms with E-state index in [1.807, 2.05) is 4.90 Å². The van der Waals surface area contributed by atoms with Gasteiger partial charge in [-0.25, -0.2) is 9.18 Å². The van der Waals surface area contributed by atoms with E-state index in [1.54, 1.807) is 18.5 Å². The minimum absolute atomic E-state index is 0.0353. The molecule has 0 spiro atoms. The fourth-order valence-electron chi connectivity index (χ4n) is 4.30. The van der Waals surface area contributed by atoms with Crippen LogP contribution in [-0.2, 0) is 17.5 Å². The van der Waals surface area contributed by atoms with E-state index in [4.69, 9.17) is 16.3 Å². The molecule has 0 bridgehead atoms. The second kappa shape index (κ2) is 8.95. The molecule has 2 aromatic carbocycles. The first-order chi connectivity index (χ1) is 15.6. The summed E-state index contributed by atoms with van der Waals surface area (Å²) in [5, 5.41) is 5.21. The Kier molecular flexibility index (Phi) is 6.37. The Labute approximate surface area is 192 Å². The Morgan fingerprint density at radius 3 is 2.73 bits per heavy atom. The lowest BCUT2D eigenvalue weighted by Gasteiger charge is -2.20. The van der Waals surface area contributed by atoms with Gasteiger partial charge in [0, 0.05) is 36.1 Å². The normalized spacial score (nSPS) is 17.1. The van der Waals surface area contributed by atoms with Crippen LogP contribution in [0.5, 0.6) is 0 Å². The highest BCUT2D eigenvalue weighted by Gasteiger charge is 2.35. The molecule has 1 aliphatic rings. The van der Waals surface area contributed by atoms with Crippen LogP contribution in [-0.4, -0.2) is 40.3 Å². The van der Waals surface area contributed by atoms with Gasteiger partial charge in [-0.3, -0.25) is 9.58 Å². The minimum atomic E-state index is -4.50. The number of hydrogen-bond donors (Lipinski definition) is 0. The quantitative estimate of drug-likeness (QED) is 0.341. The summed E-state index contributed by atoms with van der Waals surface area (Å²) in [6.45, 7) is 4.68. The number of aromatic nitrogens is 2. The number of carbonyl (C=O) groups excluding carboxylic acids is 1. The van der Waals surface area contributed by atoms with E-state index < -0.39 is 23.5 Å². The molecule has 1 saturated heterocycles. The van der Waals surface area contributed by atoms with Crippen LogP contribution >= 0.6 is 11.6 Å². The maximum absolute atomic E-state index is 14.7. The first-order valence-electron chi connectivity index (χ1n) is 10.5. The van der Waals surface area contributed by atoms with Gasteiger partial charge < -0.3 is 4.74 Å². The van der Waals surface area contributed by atoms with Crippen molar-refractivity contribution in [2.45, 2.75) is 39.0 Å². The third-order valence-electron chi connectivity index (χ3n) is 5.84. The predicted molar refractivity (Wildman–Crippen MR) is 116 cm³/mol. The lowest BCUT2D eigenvalue weighted by atomic mass is 10.1. The van der Waals surface area contributed by atoms with E-state index in [2.05, 4.69) is 5.10 Å². The molecule has 2 heterocycles. The highest BCUT2D eigenvalue weighted by molar-refractivity contribution is 6.30.